The maximum Gasteiger partial charge on any atom is 0.308 e. The second kappa shape index (κ2) is 8.65. The third kappa shape index (κ3) is 5.50. The van der Waals surface area contributed by atoms with E-state index in [9.17, 15) is 19.8 Å². The molecule has 1 atom stereocenters. The Kier molecular flexibility index (Phi) is 6.57. The first-order chi connectivity index (χ1) is 11.5. The quantitative estimate of drug-likeness (QED) is 0.691. The number of aliphatic hydroxyl groups is 1. The molecule has 1 aliphatic rings. The van der Waals surface area contributed by atoms with Crippen LogP contribution in [-0.4, -0.2) is 59.8 Å². The molecule has 132 valence electrons. The molecular formula is C17H24N2O5. The molecule has 3 N–H and O–H groups in total. The van der Waals surface area contributed by atoms with E-state index < -0.39 is 11.9 Å². The molecule has 0 aliphatic carbocycles. The monoisotopic (exact) mass is 336 g/mol. The van der Waals surface area contributed by atoms with Gasteiger partial charge in [-0.3, -0.25) is 9.59 Å². The number of amides is 1. The molecule has 7 heteroatoms. The topological polar surface area (TPSA) is 99.1 Å². The number of carbonyl (C=O) groups excluding carboxylic acids is 1. The van der Waals surface area contributed by atoms with Gasteiger partial charge in [-0.1, -0.05) is 6.07 Å². The van der Waals surface area contributed by atoms with Crippen LogP contribution in [0.1, 0.15) is 19.3 Å². The SMILES string of the molecule is COc1cccc(NC(=O)CC(CN2CCC(O)CC2)C(=O)O)c1. The molecular weight excluding hydrogens is 312 g/mol. The standard InChI is InChI=1S/C17H24N2O5/c1-24-15-4-2-3-13(10-15)18-16(21)9-12(17(22)23)11-19-7-5-14(20)6-8-19/h2-4,10,12,14,20H,5-9,11H2,1H3,(H,18,21)(H,22,23). The average Bonchev–Trinajstić information content (AvgIpc) is 2.56. The molecule has 0 aromatic heterocycles. The third-order valence-electron chi connectivity index (χ3n) is 4.17. The van der Waals surface area contributed by atoms with Crippen molar-refractivity contribution in [2.45, 2.75) is 25.4 Å². The summed E-state index contributed by atoms with van der Waals surface area (Å²) in [6, 6.07) is 6.92. The summed E-state index contributed by atoms with van der Waals surface area (Å²) >= 11 is 0. The van der Waals surface area contributed by atoms with Crippen molar-refractivity contribution >= 4 is 17.6 Å². The zero-order valence-electron chi connectivity index (χ0n) is 13.8. The zero-order valence-corrected chi connectivity index (χ0v) is 13.8. The summed E-state index contributed by atoms with van der Waals surface area (Å²) in [7, 11) is 1.54. The van der Waals surface area contributed by atoms with E-state index in [2.05, 4.69) is 5.32 Å². The Morgan fingerprint density at radius 2 is 2.08 bits per heavy atom. The molecule has 1 unspecified atom stereocenters. The van der Waals surface area contributed by atoms with Gasteiger partial charge in [0, 0.05) is 37.8 Å². The summed E-state index contributed by atoms with van der Waals surface area (Å²) in [4.78, 5) is 25.6. The molecule has 0 bridgehead atoms. The van der Waals surface area contributed by atoms with E-state index in [4.69, 9.17) is 4.74 Å². The van der Waals surface area contributed by atoms with Gasteiger partial charge in [0.05, 0.1) is 19.1 Å². The molecule has 7 nitrogen and oxygen atoms in total. The Morgan fingerprint density at radius 3 is 2.71 bits per heavy atom. The number of nitrogens with zero attached hydrogens (tertiary/aromatic N) is 1. The van der Waals surface area contributed by atoms with Gasteiger partial charge in [-0.25, -0.2) is 0 Å². The van der Waals surface area contributed by atoms with Crippen molar-refractivity contribution in [3.63, 3.8) is 0 Å². The number of piperidine rings is 1. The highest BCUT2D eigenvalue weighted by Crippen LogP contribution is 2.18. The fraction of sp³-hybridized carbons (Fsp3) is 0.529. The van der Waals surface area contributed by atoms with E-state index in [0.29, 0.717) is 43.9 Å². The van der Waals surface area contributed by atoms with Crippen molar-refractivity contribution in [3.05, 3.63) is 24.3 Å². The van der Waals surface area contributed by atoms with Crippen molar-refractivity contribution in [1.29, 1.82) is 0 Å². The van der Waals surface area contributed by atoms with Crippen molar-refractivity contribution in [2.75, 3.05) is 32.1 Å². The predicted molar refractivity (Wildman–Crippen MR) is 89.0 cm³/mol. The number of rotatable bonds is 7. The molecule has 1 aliphatic heterocycles. The first-order valence-corrected chi connectivity index (χ1v) is 8.05. The summed E-state index contributed by atoms with van der Waals surface area (Å²) in [5, 5.41) is 21.6. The number of carboxylic acids is 1. The van der Waals surface area contributed by atoms with Crippen LogP contribution in [0, 0.1) is 5.92 Å². The number of ether oxygens (including phenoxy) is 1. The van der Waals surface area contributed by atoms with Crippen LogP contribution in [0.4, 0.5) is 5.69 Å². The molecule has 1 aromatic carbocycles. The number of benzene rings is 1. The van der Waals surface area contributed by atoms with Crippen LogP contribution in [-0.2, 0) is 9.59 Å². The normalized spacial score (nSPS) is 17.2. The van der Waals surface area contributed by atoms with Crippen molar-refractivity contribution in [3.8, 4) is 5.75 Å². The Bertz CT molecular complexity index is 570. The molecule has 0 spiro atoms. The van der Waals surface area contributed by atoms with E-state index in [1.807, 2.05) is 4.90 Å². The van der Waals surface area contributed by atoms with Crippen LogP contribution >= 0.6 is 0 Å². The van der Waals surface area contributed by atoms with E-state index in [0.717, 1.165) is 0 Å². The number of anilines is 1. The lowest BCUT2D eigenvalue weighted by molar-refractivity contribution is -0.144. The maximum absolute atomic E-state index is 12.1. The van der Waals surface area contributed by atoms with Gasteiger partial charge in [0.1, 0.15) is 5.75 Å². The summed E-state index contributed by atoms with van der Waals surface area (Å²) in [5.41, 5.74) is 0.574. The number of hydrogen-bond donors (Lipinski definition) is 3. The molecule has 2 rings (SSSR count). The number of hydrogen-bond acceptors (Lipinski definition) is 5. The third-order valence-corrected chi connectivity index (χ3v) is 4.17. The van der Waals surface area contributed by atoms with Gasteiger partial charge in [0.2, 0.25) is 5.91 Å². The van der Waals surface area contributed by atoms with Crippen molar-refractivity contribution in [1.82, 2.24) is 4.90 Å². The van der Waals surface area contributed by atoms with E-state index in [1.54, 1.807) is 24.3 Å². The Balaban J connectivity index is 1.89. The lowest BCUT2D eigenvalue weighted by Crippen LogP contribution is -2.41. The fourth-order valence-electron chi connectivity index (χ4n) is 2.78. The molecule has 0 saturated carbocycles. The number of aliphatic hydroxyl groups excluding tert-OH is 1. The summed E-state index contributed by atoms with van der Waals surface area (Å²) < 4.78 is 5.09. The molecule has 1 heterocycles. The highest BCUT2D eigenvalue weighted by molar-refractivity contribution is 5.93. The fourth-order valence-corrected chi connectivity index (χ4v) is 2.78. The smallest absolute Gasteiger partial charge is 0.308 e. The molecule has 24 heavy (non-hydrogen) atoms. The highest BCUT2D eigenvalue weighted by atomic mass is 16.5. The van der Waals surface area contributed by atoms with Crippen LogP contribution in [0.15, 0.2) is 24.3 Å². The molecule has 1 fully saturated rings. The van der Waals surface area contributed by atoms with Crippen LogP contribution in [0.3, 0.4) is 0 Å². The van der Waals surface area contributed by atoms with Gasteiger partial charge >= 0.3 is 5.97 Å². The van der Waals surface area contributed by atoms with Gasteiger partial charge < -0.3 is 25.2 Å². The summed E-state index contributed by atoms with van der Waals surface area (Å²) in [5.74, 6) is -1.48. The predicted octanol–water partition coefficient (Wildman–Crippen LogP) is 1.18. The minimum atomic E-state index is -0.984. The number of carbonyl (C=O) groups is 2. The number of carboxylic acid groups (broad SMARTS) is 1. The summed E-state index contributed by atoms with van der Waals surface area (Å²) in [6.07, 6.45) is 0.886. The molecule has 0 radical (unpaired) electrons. The van der Waals surface area contributed by atoms with Crippen molar-refractivity contribution in [2.24, 2.45) is 5.92 Å². The maximum atomic E-state index is 12.1. The first-order valence-electron chi connectivity index (χ1n) is 8.05. The van der Waals surface area contributed by atoms with Crippen LogP contribution in [0.5, 0.6) is 5.75 Å². The van der Waals surface area contributed by atoms with Gasteiger partial charge in [0.25, 0.3) is 0 Å². The first kappa shape index (κ1) is 18.2. The van der Waals surface area contributed by atoms with E-state index in [1.165, 1.54) is 7.11 Å². The van der Waals surface area contributed by atoms with Gasteiger partial charge in [0.15, 0.2) is 0 Å². The highest BCUT2D eigenvalue weighted by Gasteiger charge is 2.26. The molecule has 1 aromatic rings. The Hall–Kier alpha value is -2.12. The minimum Gasteiger partial charge on any atom is -0.497 e. The molecule has 1 saturated heterocycles. The Labute approximate surface area is 141 Å². The molecule has 1 amide bonds. The Morgan fingerprint density at radius 1 is 1.38 bits per heavy atom. The number of methoxy groups -OCH3 is 1. The van der Waals surface area contributed by atoms with E-state index in [-0.39, 0.29) is 18.4 Å². The lowest BCUT2D eigenvalue weighted by atomic mass is 10.0. The number of likely N-dealkylation sites (tertiary alicyclic amines) is 1. The largest absolute Gasteiger partial charge is 0.497 e. The summed E-state index contributed by atoms with van der Waals surface area (Å²) in [6.45, 7) is 1.62. The van der Waals surface area contributed by atoms with E-state index >= 15 is 0 Å². The number of nitrogens with one attached hydrogen (secondary N) is 1. The van der Waals surface area contributed by atoms with Crippen LogP contribution in [0.2, 0.25) is 0 Å². The van der Waals surface area contributed by atoms with Gasteiger partial charge in [-0.15, -0.1) is 0 Å². The second-order valence-electron chi connectivity index (χ2n) is 6.05. The lowest BCUT2D eigenvalue weighted by Gasteiger charge is -2.31. The number of aliphatic carboxylic acids is 1. The zero-order chi connectivity index (χ0) is 17.5. The van der Waals surface area contributed by atoms with Gasteiger partial charge in [-0.05, 0) is 25.0 Å². The minimum absolute atomic E-state index is 0.0917. The second-order valence-corrected chi connectivity index (χ2v) is 6.05. The van der Waals surface area contributed by atoms with Crippen LogP contribution in [0.25, 0.3) is 0 Å². The van der Waals surface area contributed by atoms with Crippen LogP contribution < -0.4 is 10.1 Å². The average molecular weight is 336 g/mol. The van der Waals surface area contributed by atoms with Gasteiger partial charge in [-0.2, -0.15) is 0 Å². The van der Waals surface area contributed by atoms with Crippen molar-refractivity contribution < 1.29 is 24.5 Å².